The fourth-order valence-electron chi connectivity index (χ4n) is 3.57. The normalized spacial score (nSPS) is 11.8. The Morgan fingerprint density at radius 1 is 0.971 bits per heavy atom. The SMILES string of the molecule is CC(C)(C)c1ccc2nc(C=Cc3ccc(Cl)cc3)nc(NCCCCCCN=C(N)N)c2c1. The highest BCUT2D eigenvalue weighted by atomic mass is 35.5. The summed E-state index contributed by atoms with van der Waals surface area (Å²) < 4.78 is 0. The van der Waals surface area contributed by atoms with Crippen LogP contribution < -0.4 is 16.8 Å². The van der Waals surface area contributed by atoms with E-state index in [4.69, 9.17) is 33.0 Å². The minimum Gasteiger partial charge on any atom is -0.370 e. The summed E-state index contributed by atoms with van der Waals surface area (Å²) in [6.07, 6.45) is 8.17. The van der Waals surface area contributed by atoms with Crippen LogP contribution in [-0.2, 0) is 5.41 Å². The number of halogens is 1. The number of anilines is 1. The number of nitrogens with one attached hydrogen (secondary N) is 1. The van der Waals surface area contributed by atoms with Crippen molar-refractivity contribution in [1.29, 1.82) is 0 Å². The molecule has 3 aromatic rings. The molecule has 180 valence electrons. The average Bonchev–Trinajstić information content (AvgIpc) is 2.79. The highest BCUT2D eigenvalue weighted by Gasteiger charge is 2.16. The second-order valence-corrected chi connectivity index (χ2v) is 9.88. The van der Waals surface area contributed by atoms with Crippen molar-refractivity contribution < 1.29 is 0 Å². The summed E-state index contributed by atoms with van der Waals surface area (Å²) in [5, 5.41) is 5.32. The topological polar surface area (TPSA) is 102 Å². The lowest BCUT2D eigenvalue weighted by Gasteiger charge is -2.20. The van der Waals surface area contributed by atoms with Crippen LogP contribution in [0.1, 0.15) is 63.4 Å². The van der Waals surface area contributed by atoms with Gasteiger partial charge in [0.05, 0.1) is 5.52 Å². The number of aliphatic imine (C=N–C) groups is 1. The van der Waals surface area contributed by atoms with E-state index in [2.05, 4.69) is 49.3 Å². The second-order valence-electron chi connectivity index (χ2n) is 9.44. The van der Waals surface area contributed by atoms with Gasteiger partial charge in [0.2, 0.25) is 0 Å². The lowest BCUT2D eigenvalue weighted by atomic mass is 9.86. The summed E-state index contributed by atoms with van der Waals surface area (Å²) in [6, 6.07) is 14.2. The first-order valence-electron chi connectivity index (χ1n) is 11.8. The number of guanidine groups is 1. The summed E-state index contributed by atoms with van der Waals surface area (Å²) in [5.74, 6) is 1.70. The van der Waals surface area contributed by atoms with Crippen LogP contribution in [0, 0.1) is 0 Å². The molecule has 0 saturated heterocycles. The molecule has 7 heteroatoms. The number of hydrogen-bond acceptors (Lipinski definition) is 4. The fourth-order valence-corrected chi connectivity index (χ4v) is 3.70. The predicted molar refractivity (Wildman–Crippen MR) is 146 cm³/mol. The molecule has 0 spiro atoms. The molecule has 0 aliphatic heterocycles. The quantitative estimate of drug-likeness (QED) is 0.188. The molecule has 0 radical (unpaired) electrons. The van der Waals surface area contributed by atoms with Crippen molar-refractivity contribution in [3.63, 3.8) is 0 Å². The molecular formula is C27H35ClN6. The van der Waals surface area contributed by atoms with E-state index < -0.39 is 0 Å². The van der Waals surface area contributed by atoms with Gasteiger partial charge in [-0.05, 0) is 59.7 Å². The standard InChI is InChI=1S/C27H35ClN6/c1-27(2,3)20-11-14-23-22(18-20)25(31-16-6-4-5-7-17-32-26(29)30)34-24(33-23)15-10-19-8-12-21(28)13-9-19/h8-15,18H,4-7,16-17H2,1-3H3,(H4,29,30,32)(H,31,33,34). The smallest absolute Gasteiger partial charge is 0.185 e. The van der Waals surface area contributed by atoms with Crippen LogP contribution in [0.4, 0.5) is 5.82 Å². The summed E-state index contributed by atoms with van der Waals surface area (Å²) in [5.41, 5.74) is 14.0. The van der Waals surface area contributed by atoms with Crippen molar-refractivity contribution in [2.45, 2.75) is 51.9 Å². The Morgan fingerprint density at radius 2 is 1.71 bits per heavy atom. The summed E-state index contributed by atoms with van der Waals surface area (Å²) >= 11 is 6.00. The van der Waals surface area contributed by atoms with Crippen LogP contribution >= 0.6 is 11.6 Å². The molecule has 0 fully saturated rings. The van der Waals surface area contributed by atoms with Gasteiger partial charge in [-0.1, -0.05) is 69.5 Å². The summed E-state index contributed by atoms with van der Waals surface area (Å²) in [4.78, 5) is 13.7. The molecular weight excluding hydrogens is 444 g/mol. The van der Waals surface area contributed by atoms with Crippen molar-refractivity contribution in [1.82, 2.24) is 9.97 Å². The van der Waals surface area contributed by atoms with E-state index in [0.717, 1.165) is 59.5 Å². The molecule has 2 aromatic carbocycles. The van der Waals surface area contributed by atoms with E-state index in [1.54, 1.807) is 0 Å². The monoisotopic (exact) mass is 478 g/mol. The molecule has 6 nitrogen and oxygen atoms in total. The Balaban J connectivity index is 1.76. The first kappa shape index (κ1) is 25.5. The molecule has 1 aromatic heterocycles. The van der Waals surface area contributed by atoms with Gasteiger partial charge in [0.15, 0.2) is 11.8 Å². The molecule has 0 aliphatic carbocycles. The van der Waals surface area contributed by atoms with Crippen LogP contribution in [-0.4, -0.2) is 29.0 Å². The van der Waals surface area contributed by atoms with Crippen molar-refractivity contribution in [2.75, 3.05) is 18.4 Å². The largest absolute Gasteiger partial charge is 0.370 e. The number of nitrogens with zero attached hydrogens (tertiary/aromatic N) is 3. The fraction of sp³-hybridized carbons (Fsp3) is 0.370. The molecule has 34 heavy (non-hydrogen) atoms. The van der Waals surface area contributed by atoms with Gasteiger partial charge >= 0.3 is 0 Å². The molecule has 0 aliphatic rings. The van der Waals surface area contributed by atoms with E-state index >= 15 is 0 Å². The third kappa shape index (κ3) is 7.73. The van der Waals surface area contributed by atoms with Gasteiger partial charge in [-0.25, -0.2) is 9.97 Å². The van der Waals surface area contributed by atoms with Gasteiger partial charge in [-0.2, -0.15) is 0 Å². The molecule has 0 unspecified atom stereocenters. The Kier molecular flexibility index (Phi) is 8.88. The van der Waals surface area contributed by atoms with Crippen LogP contribution in [0.3, 0.4) is 0 Å². The summed E-state index contributed by atoms with van der Waals surface area (Å²) in [6.45, 7) is 8.18. The Hall–Kier alpha value is -3.12. The van der Waals surface area contributed by atoms with Crippen LogP contribution in [0.15, 0.2) is 47.5 Å². The van der Waals surface area contributed by atoms with Crippen molar-refractivity contribution in [2.24, 2.45) is 16.5 Å². The number of nitrogens with two attached hydrogens (primary N) is 2. The zero-order valence-electron chi connectivity index (χ0n) is 20.3. The minimum absolute atomic E-state index is 0.0496. The van der Waals surface area contributed by atoms with Crippen molar-refractivity contribution in [3.05, 3.63) is 64.4 Å². The highest BCUT2D eigenvalue weighted by Crippen LogP contribution is 2.29. The number of hydrogen-bond donors (Lipinski definition) is 3. The van der Waals surface area contributed by atoms with Gasteiger partial charge in [0, 0.05) is 23.5 Å². The molecule has 1 heterocycles. The molecule has 0 amide bonds. The molecule has 0 atom stereocenters. The number of fused-ring (bicyclic) bond motifs is 1. The lowest BCUT2D eigenvalue weighted by Crippen LogP contribution is -2.22. The van der Waals surface area contributed by atoms with Crippen LogP contribution in [0.25, 0.3) is 23.1 Å². The first-order chi connectivity index (χ1) is 16.2. The molecule has 3 rings (SSSR count). The minimum atomic E-state index is 0.0496. The number of benzene rings is 2. The zero-order valence-corrected chi connectivity index (χ0v) is 21.1. The van der Waals surface area contributed by atoms with E-state index in [1.807, 2.05) is 36.4 Å². The third-order valence-corrected chi connectivity index (χ3v) is 5.80. The van der Waals surface area contributed by atoms with Gasteiger partial charge in [-0.15, -0.1) is 0 Å². The number of aromatic nitrogens is 2. The molecule has 0 bridgehead atoms. The van der Waals surface area contributed by atoms with Crippen molar-refractivity contribution in [3.8, 4) is 0 Å². The maximum Gasteiger partial charge on any atom is 0.185 e. The first-order valence-corrected chi connectivity index (χ1v) is 12.2. The maximum atomic E-state index is 6.00. The van der Waals surface area contributed by atoms with Crippen molar-refractivity contribution >= 4 is 46.4 Å². The lowest BCUT2D eigenvalue weighted by molar-refractivity contribution is 0.591. The van der Waals surface area contributed by atoms with Gasteiger partial charge in [0.1, 0.15) is 5.82 Å². The second kappa shape index (κ2) is 11.8. The molecule has 5 N–H and O–H groups in total. The molecule has 0 saturated carbocycles. The average molecular weight is 479 g/mol. The van der Waals surface area contributed by atoms with E-state index in [9.17, 15) is 0 Å². The van der Waals surface area contributed by atoms with Crippen LogP contribution in [0.2, 0.25) is 5.02 Å². The van der Waals surface area contributed by atoms with E-state index in [1.165, 1.54) is 5.56 Å². The van der Waals surface area contributed by atoms with E-state index in [0.29, 0.717) is 12.4 Å². The maximum absolute atomic E-state index is 6.00. The number of unbranched alkanes of at least 4 members (excludes halogenated alkanes) is 3. The Bertz CT molecular complexity index is 1140. The third-order valence-electron chi connectivity index (χ3n) is 5.55. The van der Waals surface area contributed by atoms with Gasteiger partial charge in [0.25, 0.3) is 0 Å². The summed E-state index contributed by atoms with van der Waals surface area (Å²) in [7, 11) is 0. The number of rotatable bonds is 10. The Morgan fingerprint density at radius 3 is 2.41 bits per heavy atom. The van der Waals surface area contributed by atoms with E-state index in [-0.39, 0.29) is 11.4 Å². The van der Waals surface area contributed by atoms with Crippen LogP contribution in [0.5, 0.6) is 0 Å². The van der Waals surface area contributed by atoms with Gasteiger partial charge < -0.3 is 16.8 Å². The zero-order chi connectivity index (χ0) is 24.6. The highest BCUT2D eigenvalue weighted by molar-refractivity contribution is 6.30. The predicted octanol–water partition coefficient (Wildman–Crippen LogP) is 6.00. The van der Waals surface area contributed by atoms with Gasteiger partial charge in [-0.3, -0.25) is 4.99 Å². The Labute approximate surface area is 207 Å².